The predicted octanol–water partition coefficient (Wildman–Crippen LogP) is 4.20. The molecule has 0 aliphatic rings. The number of amides is 1. The van der Waals surface area contributed by atoms with Gasteiger partial charge in [0.25, 0.3) is 0 Å². The van der Waals surface area contributed by atoms with Gasteiger partial charge in [-0.25, -0.2) is 0 Å². The summed E-state index contributed by atoms with van der Waals surface area (Å²) in [6.07, 6.45) is 3.35. The number of aryl methyl sites for hydroxylation is 2. The van der Waals surface area contributed by atoms with Gasteiger partial charge in [0.15, 0.2) is 0 Å². The lowest BCUT2D eigenvalue weighted by Gasteiger charge is -2.14. The van der Waals surface area contributed by atoms with Crippen LogP contribution < -0.4 is 10.1 Å². The summed E-state index contributed by atoms with van der Waals surface area (Å²) in [5.74, 6) is 0.696. The molecule has 1 N–H and O–H groups in total. The van der Waals surface area contributed by atoms with Crippen LogP contribution in [0.3, 0.4) is 0 Å². The molecule has 0 aliphatic heterocycles. The molecule has 0 aromatic heterocycles. The van der Waals surface area contributed by atoms with Crippen LogP contribution in [-0.4, -0.2) is 13.0 Å². The van der Waals surface area contributed by atoms with Crippen molar-refractivity contribution in [3.05, 3.63) is 70.8 Å². The molecule has 0 radical (unpaired) electrons. The maximum absolute atomic E-state index is 12.1. The summed E-state index contributed by atoms with van der Waals surface area (Å²) >= 11 is 0. The average Bonchev–Trinajstić information content (AvgIpc) is 2.55. The number of benzene rings is 2. The smallest absolute Gasteiger partial charge is 0.244 e. The fraction of sp³-hybridized carbons (Fsp3) is 0.250. The zero-order chi connectivity index (χ0) is 16.8. The van der Waals surface area contributed by atoms with E-state index in [2.05, 4.69) is 37.4 Å². The van der Waals surface area contributed by atoms with Crippen LogP contribution in [0.2, 0.25) is 0 Å². The van der Waals surface area contributed by atoms with Crippen LogP contribution in [0.5, 0.6) is 5.75 Å². The molecule has 0 aliphatic carbocycles. The van der Waals surface area contributed by atoms with E-state index in [1.165, 1.54) is 11.1 Å². The van der Waals surface area contributed by atoms with Crippen LogP contribution in [0.4, 0.5) is 0 Å². The van der Waals surface area contributed by atoms with Gasteiger partial charge in [-0.05, 0) is 61.2 Å². The van der Waals surface area contributed by atoms with Gasteiger partial charge >= 0.3 is 0 Å². The Hall–Kier alpha value is -2.55. The van der Waals surface area contributed by atoms with Crippen molar-refractivity contribution in [3.63, 3.8) is 0 Å². The highest BCUT2D eigenvalue weighted by Crippen LogP contribution is 2.17. The monoisotopic (exact) mass is 309 g/mol. The minimum Gasteiger partial charge on any atom is -0.497 e. The van der Waals surface area contributed by atoms with Crippen molar-refractivity contribution in [2.75, 3.05) is 7.11 Å². The molecule has 120 valence electrons. The molecule has 2 aromatic rings. The third kappa shape index (κ3) is 4.71. The number of hydrogen-bond acceptors (Lipinski definition) is 2. The summed E-state index contributed by atoms with van der Waals surface area (Å²) in [4.78, 5) is 12.1. The van der Waals surface area contributed by atoms with E-state index in [1.54, 1.807) is 19.3 Å². The Kier molecular flexibility index (Phi) is 5.58. The molecule has 0 spiro atoms. The minimum atomic E-state index is -0.105. The fourth-order valence-electron chi connectivity index (χ4n) is 2.27. The van der Waals surface area contributed by atoms with Crippen molar-refractivity contribution in [3.8, 4) is 5.75 Å². The van der Waals surface area contributed by atoms with Crippen molar-refractivity contribution in [1.29, 1.82) is 0 Å². The topological polar surface area (TPSA) is 38.3 Å². The molecule has 1 atom stereocenters. The first kappa shape index (κ1) is 16.8. The van der Waals surface area contributed by atoms with E-state index in [0.717, 1.165) is 16.9 Å². The third-order valence-electron chi connectivity index (χ3n) is 3.93. The fourth-order valence-corrected chi connectivity index (χ4v) is 2.27. The standard InChI is InChI=1S/C20H23NO2/c1-14-5-9-18(13-15(14)2)16(3)21-20(22)12-8-17-6-10-19(23-4)11-7-17/h5-13,16H,1-4H3,(H,21,22)/b12-8+. The molecule has 3 nitrogen and oxygen atoms in total. The van der Waals surface area contributed by atoms with Crippen LogP contribution in [0.15, 0.2) is 48.5 Å². The number of nitrogens with one attached hydrogen (secondary N) is 1. The summed E-state index contributed by atoms with van der Waals surface area (Å²) in [5, 5.41) is 2.99. The lowest BCUT2D eigenvalue weighted by molar-refractivity contribution is -0.117. The van der Waals surface area contributed by atoms with E-state index < -0.39 is 0 Å². The van der Waals surface area contributed by atoms with Crippen molar-refractivity contribution in [1.82, 2.24) is 5.32 Å². The number of methoxy groups -OCH3 is 1. The van der Waals surface area contributed by atoms with Crippen molar-refractivity contribution >= 4 is 12.0 Å². The Morgan fingerprint density at radius 2 is 1.78 bits per heavy atom. The van der Waals surface area contributed by atoms with E-state index in [-0.39, 0.29) is 11.9 Å². The maximum Gasteiger partial charge on any atom is 0.244 e. The van der Waals surface area contributed by atoms with Crippen molar-refractivity contribution in [2.24, 2.45) is 0 Å². The second-order valence-corrected chi connectivity index (χ2v) is 5.68. The highest BCUT2D eigenvalue weighted by Gasteiger charge is 2.08. The molecular formula is C20H23NO2. The van der Waals surface area contributed by atoms with Crippen LogP contribution in [-0.2, 0) is 4.79 Å². The second-order valence-electron chi connectivity index (χ2n) is 5.68. The number of carbonyl (C=O) groups is 1. The highest BCUT2D eigenvalue weighted by molar-refractivity contribution is 5.92. The molecule has 0 fully saturated rings. The zero-order valence-electron chi connectivity index (χ0n) is 14.1. The quantitative estimate of drug-likeness (QED) is 0.841. The predicted molar refractivity (Wildman–Crippen MR) is 94.5 cm³/mol. The molecule has 1 amide bonds. The average molecular weight is 309 g/mol. The Morgan fingerprint density at radius 3 is 2.39 bits per heavy atom. The lowest BCUT2D eigenvalue weighted by Crippen LogP contribution is -2.24. The maximum atomic E-state index is 12.1. The van der Waals surface area contributed by atoms with E-state index in [9.17, 15) is 4.79 Å². The van der Waals surface area contributed by atoms with E-state index in [0.29, 0.717) is 0 Å². The van der Waals surface area contributed by atoms with Crippen LogP contribution in [0, 0.1) is 13.8 Å². The number of hydrogen-bond donors (Lipinski definition) is 1. The number of carbonyl (C=O) groups excluding carboxylic acids is 1. The number of ether oxygens (including phenoxy) is 1. The van der Waals surface area contributed by atoms with Crippen molar-refractivity contribution in [2.45, 2.75) is 26.8 Å². The summed E-state index contributed by atoms with van der Waals surface area (Å²) in [7, 11) is 1.63. The molecule has 0 saturated heterocycles. The first-order chi connectivity index (χ1) is 11.0. The minimum absolute atomic E-state index is 0.0256. The van der Waals surface area contributed by atoms with Gasteiger partial charge in [-0.2, -0.15) is 0 Å². The summed E-state index contributed by atoms with van der Waals surface area (Å²) in [6.45, 7) is 6.15. The van der Waals surface area contributed by atoms with Crippen LogP contribution in [0.25, 0.3) is 6.08 Å². The van der Waals surface area contributed by atoms with Gasteiger partial charge in [-0.3, -0.25) is 4.79 Å². The molecule has 2 rings (SSSR count). The molecule has 0 saturated carbocycles. The third-order valence-corrected chi connectivity index (χ3v) is 3.93. The van der Waals surface area contributed by atoms with E-state index in [1.807, 2.05) is 31.2 Å². The van der Waals surface area contributed by atoms with Gasteiger partial charge in [0.2, 0.25) is 5.91 Å². The van der Waals surface area contributed by atoms with E-state index in [4.69, 9.17) is 4.74 Å². The SMILES string of the molecule is COc1ccc(/C=C/C(=O)NC(C)c2ccc(C)c(C)c2)cc1. The molecule has 0 heterocycles. The van der Waals surface area contributed by atoms with Gasteiger partial charge in [0.05, 0.1) is 13.2 Å². The lowest BCUT2D eigenvalue weighted by atomic mass is 10.0. The molecule has 3 heteroatoms. The first-order valence-electron chi connectivity index (χ1n) is 7.69. The summed E-state index contributed by atoms with van der Waals surface area (Å²) in [5.41, 5.74) is 4.56. The Bertz CT molecular complexity index is 702. The molecule has 0 bridgehead atoms. The Labute approximate surface area is 138 Å². The molecule has 23 heavy (non-hydrogen) atoms. The largest absolute Gasteiger partial charge is 0.497 e. The molecule has 1 unspecified atom stereocenters. The summed E-state index contributed by atoms with van der Waals surface area (Å²) < 4.78 is 5.11. The molecule has 2 aromatic carbocycles. The van der Waals surface area contributed by atoms with Gasteiger partial charge in [0, 0.05) is 6.08 Å². The second kappa shape index (κ2) is 7.63. The van der Waals surface area contributed by atoms with Crippen LogP contribution >= 0.6 is 0 Å². The van der Waals surface area contributed by atoms with Crippen molar-refractivity contribution < 1.29 is 9.53 Å². The van der Waals surface area contributed by atoms with Crippen LogP contribution in [0.1, 0.15) is 35.2 Å². The van der Waals surface area contributed by atoms with E-state index >= 15 is 0 Å². The number of rotatable bonds is 5. The zero-order valence-corrected chi connectivity index (χ0v) is 14.1. The Morgan fingerprint density at radius 1 is 1.09 bits per heavy atom. The van der Waals surface area contributed by atoms with Gasteiger partial charge in [0.1, 0.15) is 5.75 Å². The highest BCUT2D eigenvalue weighted by atomic mass is 16.5. The normalized spacial score (nSPS) is 12.2. The molecular weight excluding hydrogens is 286 g/mol. The van der Waals surface area contributed by atoms with Gasteiger partial charge in [-0.1, -0.05) is 30.3 Å². The van der Waals surface area contributed by atoms with Gasteiger partial charge < -0.3 is 10.1 Å². The first-order valence-corrected chi connectivity index (χ1v) is 7.69. The Balaban J connectivity index is 1.97. The van der Waals surface area contributed by atoms with Gasteiger partial charge in [-0.15, -0.1) is 0 Å². The summed E-state index contributed by atoms with van der Waals surface area (Å²) in [6, 6.07) is 13.8.